The lowest BCUT2D eigenvalue weighted by Gasteiger charge is -2.16. The number of carboxylic acids is 1. The van der Waals surface area contributed by atoms with Gasteiger partial charge in [0.15, 0.2) is 10.4 Å². The van der Waals surface area contributed by atoms with Crippen molar-refractivity contribution in [1.29, 1.82) is 0 Å². The number of nitrogens with zero attached hydrogens (tertiary/aromatic N) is 3. The summed E-state index contributed by atoms with van der Waals surface area (Å²) in [6.45, 7) is 0.914. The molecule has 0 bridgehead atoms. The number of hydrogen-bond acceptors (Lipinski definition) is 4. The molecule has 1 saturated heterocycles. The average molecular weight is 290 g/mol. The predicted molar refractivity (Wildman–Crippen MR) is 57.6 cm³/mol. The Morgan fingerprint density at radius 1 is 1.69 bits per heavy atom. The van der Waals surface area contributed by atoms with Crippen LogP contribution in [0.3, 0.4) is 0 Å². The van der Waals surface area contributed by atoms with Gasteiger partial charge >= 0.3 is 5.97 Å². The molecule has 0 amide bonds. The van der Waals surface area contributed by atoms with Crippen molar-refractivity contribution in [2.45, 2.75) is 6.42 Å². The van der Waals surface area contributed by atoms with Crippen molar-refractivity contribution in [2.75, 3.05) is 18.0 Å². The van der Waals surface area contributed by atoms with Crippen LogP contribution in [0.4, 0.5) is 10.2 Å². The van der Waals surface area contributed by atoms with Crippen molar-refractivity contribution in [3.8, 4) is 0 Å². The molecule has 1 aromatic heterocycles. The van der Waals surface area contributed by atoms with Gasteiger partial charge < -0.3 is 10.0 Å². The summed E-state index contributed by atoms with van der Waals surface area (Å²) in [5.74, 6) is -1.54. The topological polar surface area (TPSA) is 66.3 Å². The van der Waals surface area contributed by atoms with Crippen LogP contribution in [-0.4, -0.2) is 34.1 Å². The van der Waals surface area contributed by atoms with Gasteiger partial charge in [-0.1, -0.05) is 0 Å². The zero-order valence-corrected chi connectivity index (χ0v) is 9.82. The molecule has 5 nitrogen and oxygen atoms in total. The summed E-state index contributed by atoms with van der Waals surface area (Å²) in [5, 5.41) is 8.83. The highest BCUT2D eigenvalue weighted by atomic mass is 79.9. The molecular formula is C9H9BrFN3O2. The van der Waals surface area contributed by atoms with Gasteiger partial charge in [0.05, 0.1) is 12.1 Å². The van der Waals surface area contributed by atoms with Crippen LogP contribution >= 0.6 is 15.9 Å². The Morgan fingerprint density at radius 3 is 3.00 bits per heavy atom. The van der Waals surface area contributed by atoms with Gasteiger partial charge in [-0.25, -0.2) is 4.98 Å². The Balaban J connectivity index is 2.14. The molecule has 0 radical (unpaired) electrons. The van der Waals surface area contributed by atoms with Crippen LogP contribution in [0.1, 0.15) is 6.42 Å². The number of carbonyl (C=O) groups is 1. The monoisotopic (exact) mass is 289 g/mol. The summed E-state index contributed by atoms with van der Waals surface area (Å²) in [7, 11) is 0. The number of aromatic nitrogens is 2. The van der Waals surface area contributed by atoms with Crippen molar-refractivity contribution in [2.24, 2.45) is 5.92 Å². The molecule has 86 valence electrons. The Labute approximate surface area is 99.4 Å². The SMILES string of the molecule is O=C(O)[C@H]1CCN(c2cnc(Br)c(F)n2)C1. The molecule has 0 spiro atoms. The lowest BCUT2D eigenvalue weighted by atomic mass is 10.1. The lowest BCUT2D eigenvalue weighted by Crippen LogP contribution is -2.23. The molecule has 0 unspecified atom stereocenters. The molecule has 1 fully saturated rings. The normalized spacial score (nSPS) is 20.1. The first-order chi connectivity index (χ1) is 7.58. The minimum atomic E-state index is -0.826. The first-order valence-corrected chi connectivity index (χ1v) is 5.53. The van der Waals surface area contributed by atoms with Gasteiger partial charge in [0.25, 0.3) is 0 Å². The van der Waals surface area contributed by atoms with Crippen LogP contribution in [0.5, 0.6) is 0 Å². The summed E-state index contributed by atoms with van der Waals surface area (Å²) in [4.78, 5) is 20.0. The Bertz CT molecular complexity index is 429. The van der Waals surface area contributed by atoms with Crippen molar-refractivity contribution in [3.05, 3.63) is 16.7 Å². The predicted octanol–water partition coefficient (Wildman–Crippen LogP) is 1.29. The molecule has 2 rings (SSSR count). The van der Waals surface area contributed by atoms with Crippen LogP contribution in [0.2, 0.25) is 0 Å². The fraction of sp³-hybridized carbons (Fsp3) is 0.444. The number of aliphatic carboxylic acids is 1. The molecule has 0 saturated carbocycles. The second kappa shape index (κ2) is 4.32. The number of carboxylic acid groups (broad SMARTS) is 1. The van der Waals surface area contributed by atoms with Crippen molar-refractivity contribution in [1.82, 2.24) is 9.97 Å². The summed E-state index contributed by atoms with van der Waals surface area (Å²) in [6, 6.07) is 0. The first kappa shape index (κ1) is 11.3. The molecule has 0 aromatic carbocycles. The van der Waals surface area contributed by atoms with Gasteiger partial charge in [0.2, 0.25) is 5.95 Å². The third-order valence-corrected chi connectivity index (χ3v) is 3.07. The summed E-state index contributed by atoms with van der Waals surface area (Å²) < 4.78 is 13.2. The number of anilines is 1. The van der Waals surface area contributed by atoms with Gasteiger partial charge in [-0.3, -0.25) is 4.79 Å². The van der Waals surface area contributed by atoms with Crippen LogP contribution in [0.25, 0.3) is 0 Å². The number of hydrogen-bond donors (Lipinski definition) is 1. The second-order valence-electron chi connectivity index (χ2n) is 3.58. The van der Waals surface area contributed by atoms with Crippen LogP contribution < -0.4 is 4.90 Å². The minimum Gasteiger partial charge on any atom is -0.481 e. The minimum absolute atomic E-state index is 0.0604. The van der Waals surface area contributed by atoms with E-state index in [0.29, 0.717) is 25.3 Å². The standard InChI is InChI=1S/C9H9BrFN3O2/c10-7-8(11)13-6(3-12-7)14-2-1-5(4-14)9(15)16/h3,5H,1-2,4H2,(H,15,16)/t5-/m0/s1. The van der Waals surface area contributed by atoms with Gasteiger partial charge in [0, 0.05) is 13.1 Å². The maximum absolute atomic E-state index is 13.1. The highest BCUT2D eigenvalue weighted by Crippen LogP contribution is 2.23. The molecule has 7 heteroatoms. The molecule has 1 atom stereocenters. The van der Waals surface area contributed by atoms with E-state index in [-0.39, 0.29) is 4.60 Å². The van der Waals surface area contributed by atoms with E-state index in [1.54, 1.807) is 4.90 Å². The lowest BCUT2D eigenvalue weighted by molar-refractivity contribution is -0.140. The molecule has 1 aliphatic heterocycles. The fourth-order valence-electron chi connectivity index (χ4n) is 1.67. The zero-order valence-electron chi connectivity index (χ0n) is 8.23. The Morgan fingerprint density at radius 2 is 2.44 bits per heavy atom. The quantitative estimate of drug-likeness (QED) is 0.889. The summed E-state index contributed by atoms with van der Waals surface area (Å²) in [6.07, 6.45) is 1.98. The van der Waals surface area contributed by atoms with E-state index in [9.17, 15) is 9.18 Å². The van der Waals surface area contributed by atoms with E-state index in [0.717, 1.165) is 0 Å². The fourth-order valence-corrected chi connectivity index (χ4v) is 1.86. The van der Waals surface area contributed by atoms with Gasteiger partial charge in [-0.2, -0.15) is 9.37 Å². The highest BCUT2D eigenvalue weighted by molar-refractivity contribution is 9.10. The zero-order chi connectivity index (χ0) is 11.7. The van der Waals surface area contributed by atoms with Crippen molar-refractivity contribution >= 4 is 27.7 Å². The molecule has 2 heterocycles. The maximum Gasteiger partial charge on any atom is 0.308 e. The summed E-state index contributed by atoms with van der Waals surface area (Å²) >= 11 is 2.91. The molecular weight excluding hydrogens is 281 g/mol. The van der Waals surface area contributed by atoms with E-state index in [2.05, 4.69) is 25.9 Å². The second-order valence-corrected chi connectivity index (χ2v) is 4.33. The van der Waals surface area contributed by atoms with Crippen LogP contribution in [0.15, 0.2) is 10.8 Å². The smallest absolute Gasteiger partial charge is 0.308 e. The van der Waals surface area contributed by atoms with Gasteiger partial charge in [-0.05, 0) is 22.4 Å². The largest absolute Gasteiger partial charge is 0.481 e. The van der Waals surface area contributed by atoms with Crippen molar-refractivity contribution in [3.63, 3.8) is 0 Å². The van der Waals surface area contributed by atoms with E-state index < -0.39 is 17.8 Å². The van der Waals surface area contributed by atoms with Crippen molar-refractivity contribution < 1.29 is 14.3 Å². The Hall–Kier alpha value is -1.24. The third kappa shape index (κ3) is 2.13. The van der Waals surface area contributed by atoms with Crippen LogP contribution in [-0.2, 0) is 4.79 Å². The Kier molecular flexibility index (Phi) is 3.04. The number of halogens is 2. The van der Waals surface area contributed by atoms with E-state index in [1.165, 1.54) is 6.20 Å². The van der Waals surface area contributed by atoms with E-state index >= 15 is 0 Å². The molecule has 1 N–H and O–H groups in total. The first-order valence-electron chi connectivity index (χ1n) is 4.73. The van der Waals surface area contributed by atoms with E-state index in [4.69, 9.17) is 5.11 Å². The molecule has 0 aliphatic carbocycles. The van der Waals surface area contributed by atoms with Crippen LogP contribution in [0, 0.1) is 11.9 Å². The number of rotatable bonds is 2. The van der Waals surface area contributed by atoms with E-state index in [1.807, 2.05) is 0 Å². The molecule has 1 aromatic rings. The summed E-state index contributed by atoms with van der Waals surface area (Å²) in [5.41, 5.74) is 0. The third-order valence-electron chi connectivity index (χ3n) is 2.54. The highest BCUT2D eigenvalue weighted by Gasteiger charge is 2.29. The van der Waals surface area contributed by atoms with Gasteiger partial charge in [-0.15, -0.1) is 0 Å². The molecule has 16 heavy (non-hydrogen) atoms. The average Bonchev–Trinajstić information content (AvgIpc) is 2.71. The maximum atomic E-state index is 13.1. The van der Waals surface area contributed by atoms with Gasteiger partial charge in [0.1, 0.15) is 0 Å². The molecule has 1 aliphatic rings.